The molecule has 0 aliphatic carbocycles. The first-order valence-electron chi connectivity index (χ1n) is 3.45. The van der Waals surface area contributed by atoms with E-state index in [1.54, 1.807) is 0 Å². The highest BCUT2D eigenvalue weighted by Crippen LogP contribution is 2.06. The maximum Gasteiger partial charge on any atom is 0.255 e. The summed E-state index contributed by atoms with van der Waals surface area (Å²) in [7, 11) is 1.53. The Morgan fingerprint density at radius 2 is 2.18 bits per heavy atom. The van der Waals surface area contributed by atoms with Gasteiger partial charge in [-0.15, -0.1) is 0 Å². The zero-order valence-electron chi connectivity index (χ0n) is 6.52. The summed E-state index contributed by atoms with van der Waals surface area (Å²) in [6, 6.07) is -0.912. The van der Waals surface area contributed by atoms with Gasteiger partial charge >= 0.3 is 0 Å². The fourth-order valence-corrected chi connectivity index (χ4v) is 0.730. The second-order valence-corrected chi connectivity index (χ2v) is 2.24. The van der Waals surface area contributed by atoms with Crippen LogP contribution >= 0.6 is 0 Å². The van der Waals surface area contributed by atoms with E-state index >= 15 is 0 Å². The van der Waals surface area contributed by atoms with Gasteiger partial charge in [0.15, 0.2) is 0 Å². The van der Waals surface area contributed by atoms with Gasteiger partial charge in [-0.2, -0.15) is 0 Å². The van der Waals surface area contributed by atoms with Crippen LogP contribution in [0.2, 0.25) is 0 Å². The zero-order chi connectivity index (χ0) is 8.69. The molecule has 3 N–H and O–H groups in total. The summed E-state index contributed by atoms with van der Waals surface area (Å²) < 4.78 is 28.6. The highest BCUT2D eigenvalue weighted by atomic mass is 19.3. The van der Waals surface area contributed by atoms with Gasteiger partial charge < -0.3 is 4.74 Å². The van der Waals surface area contributed by atoms with E-state index in [0.717, 1.165) is 0 Å². The molecule has 0 rings (SSSR count). The minimum Gasteiger partial charge on any atom is -0.385 e. The molecule has 5 heteroatoms. The van der Waals surface area contributed by atoms with Gasteiger partial charge in [-0.05, 0) is 12.8 Å². The molecule has 0 bridgehead atoms. The van der Waals surface area contributed by atoms with E-state index in [4.69, 9.17) is 10.6 Å². The largest absolute Gasteiger partial charge is 0.385 e. The Hall–Kier alpha value is -0.260. The maximum atomic E-state index is 11.9. The van der Waals surface area contributed by atoms with Gasteiger partial charge in [0.05, 0.1) is 6.04 Å². The lowest BCUT2D eigenvalue weighted by atomic mass is 10.2. The Morgan fingerprint density at radius 3 is 2.55 bits per heavy atom. The summed E-state index contributed by atoms with van der Waals surface area (Å²) in [5.74, 6) is 4.89. The first-order chi connectivity index (χ1) is 5.22. The molecule has 11 heavy (non-hydrogen) atoms. The molecule has 0 aromatic rings. The van der Waals surface area contributed by atoms with Crippen molar-refractivity contribution in [1.82, 2.24) is 5.43 Å². The van der Waals surface area contributed by atoms with Crippen molar-refractivity contribution in [1.29, 1.82) is 0 Å². The van der Waals surface area contributed by atoms with Crippen LogP contribution in [-0.4, -0.2) is 26.2 Å². The third kappa shape index (κ3) is 5.06. The normalized spacial score (nSPS) is 13.9. The summed E-state index contributed by atoms with van der Waals surface area (Å²) in [5, 5.41) is 0. The Bertz CT molecular complexity index is 92.7. The van der Waals surface area contributed by atoms with Crippen molar-refractivity contribution in [2.24, 2.45) is 5.84 Å². The molecule has 0 fully saturated rings. The van der Waals surface area contributed by atoms with Gasteiger partial charge in [-0.25, -0.2) is 8.78 Å². The number of halogens is 2. The summed E-state index contributed by atoms with van der Waals surface area (Å²) in [6.07, 6.45) is -1.48. The van der Waals surface area contributed by atoms with Crippen molar-refractivity contribution in [3.05, 3.63) is 0 Å². The Balaban J connectivity index is 3.36. The molecular weight excluding hydrogens is 154 g/mol. The number of hydrazine groups is 1. The van der Waals surface area contributed by atoms with Gasteiger partial charge in [0, 0.05) is 13.7 Å². The standard InChI is InChI=1S/C6H14F2N2O/c1-11-4-2-3-5(10-9)6(7)8/h5-6,10H,2-4,9H2,1H3. The first-order valence-corrected chi connectivity index (χ1v) is 3.45. The van der Waals surface area contributed by atoms with Crippen LogP contribution in [0.5, 0.6) is 0 Å². The lowest BCUT2D eigenvalue weighted by Gasteiger charge is -2.13. The summed E-state index contributed by atoms with van der Waals surface area (Å²) >= 11 is 0. The molecule has 3 nitrogen and oxygen atoms in total. The smallest absolute Gasteiger partial charge is 0.255 e. The van der Waals surface area contributed by atoms with Crippen LogP contribution in [-0.2, 0) is 4.74 Å². The molecule has 0 spiro atoms. The molecule has 0 aliphatic heterocycles. The Kier molecular flexibility index (Phi) is 6.30. The molecule has 68 valence electrons. The number of nitrogens with one attached hydrogen (secondary N) is 1. The maximum absolute atomic E-state index is 11.9. The molecule has 0 saturated heterocycles. The number of methoxy groups -OCH3 is 1. The molecular formula is C6H14F2N2O. The van der Waals surface area contributed by atoms with E-state index < -0.39 is 12.5 Å². The second-order valence-electron chi connectivity index (χ2n) is 2.24. The first kappa shape index (κ1) is 10.7. The molecule has 0 radical (unpaired) electrons. The van der Waals surface area contributed by atoms with E-state index in [1.165, 1.54) is 7.11 Å². The second kappa shape index (κ2) is 6.45. The fraction of sp³-hybridized carbons (Fsp3) is 1.00. The predicted molar refractivity (Wildman–Crippen MR) is 38.2 cm³/mol. The summed E-state index contributed by atoms with van der Waals surface area (Å²) in [5.41, 5.74) is 2.05. The molecule has 0 heterocycles. The molecule has 0 aliphatic rings. The predicted octanol–water partition coefficient (Wildman–Crippen LogP) is 0.510. The highest BCUT2D eigenvalue weighted by molar-refractivity contribution is 4.65. The van der Waals surface area contributed by atoms with Crippen LogP contribution in [0.15, 0.2) is 0 Å². The average molecular weight is 168 g/mol. The number of rotatable bonds is 6. The minimum atomic E-state index is -2.41. The van der Waals surface area contributed by atoms with Gasteiger partial charge in [0.2, 0.25) is 0 Å². The van der Waals surface area contributed by atoms with E-state index in [0.29, 0.717) is 19.4 Å². The van der Waals surface area contributed by atoms with Crippen LogP contribution in [0.1, 0.15) is 12.8 Å². The van der Waals surface area contributed by atoms with Gasteiger partial charge in [0.25, 0.3) is 6.43 Å². The van der Waals surface area contributed by atoms with Crippen molar-refractivity contribution in [3.63, 3.8) is 0 Å². The van der Waals surface area contributed by atoms with Crippen LogP contribution in [0, 0.1) is 0 Å². The quantitative estimate of drug-likeness (QED) is 0.345. The van der Waals surface area contributed by atoms with E-state index in [-0.39, 0.29) is 0 Å². The lowest BCUT2D eigenvalue weighted by molar-refractivity contribution is 0.0875. The third-order valence-electron chi connectivity index (χ3n) is 1.38. The number of hydrogen-bond donors (Lipinski definition) is 2. The van der Waals surface area contributed by atoms with Gasteiger partial charge in [0.1, 0.15) is 0 Å². The average Bonchev–Trinajstić information content (AvgIpc) is 1.97. The molecule has 1 atom stereocenters. The van der Waals surface area contributed by atoms with Crippen molar-refractivity contribution in [3.8, 4) is 0 Å². The number of hydrogen-bond acceptors (Lipinski definition) is 3. The third-order valence-corrected chi connectivity index (χ3v) is 1.38. The lowest BCUT2D eigenvalue weighted by Crippen LogP contribution is -2.40. The van der Waals surface area contributed by atoms with Gasteiger partial charge in [-0.1, -0.05) is 0 Å². The molecule has 0 aromatic carbocycles. The fourth-order valence-electron chi connectivity index (χ4n) is 0.730. The van der Waals surface area contributed by atoms with Crippen molar-refractivity contribution in [2.45, 2.75) is 25.3 Å². The van der Waals surface area contributed by atoms with E-state index in [1.807, 2.05) is 0 Å². The van der Waals surface area contributed by atoms with Crippen molar-refractivity contribution < 1.29 is 13.5 Å². The van der Waals surface area contributed by atoms with E-state index in [9.17, 15) is 8.78 Å². The molecule has 1 unspecified atom stereocenters. The number of nitrogens with two attached hydrogens (primary N) is 1. The van der Waals surface area contributed by atoms with Crippen LogP contribution in [0.3, 0.4) is 0 Å². The number of alkyl halides is 2. The molecule has 0 saturated carbocycles. The monoisotopic (exact) mass is 168 g/mol. The van der Waals surface area contributed by atoms with Gasteiger partial charge in [-0.3, -0.25) is 11.3 Å². The SMILES string of the molecule is COCCCC(NN)C(F)F. The van der Waals surface area contributed by atoms with E-state index in [2.05, 4.69) is 5.43 Å². The minimum absolute atomic E-state index is 0.335. The van der Waals surface area contributed by atoms with Crippen LogP contribution in [0.4, 0.5) is 8.78 Å². The van der Waals surface area contributed by atoms with Crippen molar-refractivity contribution in [2.75, 3.05) is 13.7 Å². The summed E-state index contributed by atoms with van der Waals surface area (Å²) in [6.45, 7) is 0.491. The zero-order valence-corrected chi connectivity index (χ0v) is 6.52. The number of ether oxygens (including phenoxy) is 1. The Morgan fingerprint density at radius 1 is 1.55 bits per heavy atom. The molecule has 0 aromatic heterocycles. The topological polar surface area (TPSA) is 47.3 Å². The molecule has 0 amide bonds. The summed E-state index contributed by atoms with van der Waals surface area (Å²) in [4.78, 5) is 0. The highest BCUT2D eigenvalue weighted by Gasteiger charge is 2.17. The Labute approximate surface area is 64.9 Å². The van der Waals surface area contributed by atoms with Crippen molar-refractivity contribution >= 4 is 0 Å². The van der Waals surface area contributed by atoms with Crippen LogP contribution in [0.25, 0.3) is 0 Å². The van der Waals surface area contributed by atoms with Crippen LogP contribution < -0.4 is 11.3 Å².